The normalized spacial score (nSPS) is 22.6. The Morgan fingerprint density at radius 2 is 1.58 bits per heavy atom. The lowest BCUT2D eigenvalue weighted by Gasteiger charge is -2.41. The zero-order valence-electron chi connectivity index (χ0n) is 49.4. The Morgan fingerprint density at radius 3 is 2.20 bits per heavy atom. The van der Waals surface area contributed by atoms with Gasteiger partial charge in [0.05, 0.1) is 66.8 Å². The van der Waals surface area contributed by atoms with E-state index in [-0.39, 0.29) is 97.9 Å². The second kappa shape index (κ2) is 32.5. The first-order valence-corrected chi connectivity index (χ1v) is 29.9. The van der Waals surface area contributed by atoms with E-state index in [1.54, 1.807) is 48.9 Å². The Bertz CT molecular complexity index is 2200. The number of likely N-dealkylation sites (tertiary alicyclic amines) is 2. The maximum absolute atomic E-state index is 14.9. The fourth-order valence-corrected chi connectivity index (χ4v) is 12.2. The van der Waals surface area contributed by atoms with Gasteiger partial charge in [0, 0.05) is 72.5 Å². The van der Waals surface area contributed by atoms with Crippen molar-refractivity contribution in [3.8, 4) is 0 Å². The first-order valence-electron chi connectivity index (χ1n) is 28.5. The summed E-state index contributed by atoms with van der Waals surface area (Å²) in [4.78, 5) is 116. The average Bonchev–Trinajstić information content (AvgIpc) is 4.02. The van der Waals surface area contributed by atoms with Crippen LogP contribution >= 0.6 is 11.8 Å². The van der Waals surface area contributed by atoms with Crippen molar-refractivity contribution in [1.29, 1.82) is 0 Å². The second-order valence-electron chi connectivity index (χ2n) is 22.6. The molecule has 2 aliphatic heterocycles. The first-order chi connectivity index (χ1) is 37.5. The standard InChI is InChI=1S/C59H94N6O13S/c1-14-38(6)53(48(75-11)33-51(69)64-29-22-25-44(64)55(76-12)39(7)56(71)61-40(8)54(70)41-23-18-17-19-24-41)62(9)58(73)43(36(2)3)32-45(66)52(37(4)5)63(10)59(74)78-47-27-21-16-15-20-26-46(47)77-34-49(67)60-28-30-65-50(68)31-42(35-79-13)57(65)72/h17-19,21,23-24,27,36-40,42-44,46-48,52-55,70H,14-16,20,22,25-26,28-35H2,1-13H3,(H,60,67)(H,61,71)/b27-21+/t38-,39+,40+,42?,43-,44-,46?,47?,48+,52-,53-,54+,55+/m0/s1. The minimum absolute atomic E-state index is 0.0515. The second-order valence-corrected chi connectivity index (χ2v) is 23.5. The van der Waals surface area contributed by atoms with Crippen LogP contribution in [0.2, 0.25) is 0 Å². The van der Waals surface area contributed by atoms with Crippen LogP contribution in [0.25, 0.3) is 0 Å². The summed E-state index contributed by atoms with van der Waals surface area (Å²) in [5.74, 6) is -4.08. The van der Waals surface area contributed by atoms with E-state index < -0.39 is 78.5 Å². The summed E-state index contributed by atoms with van der Waals surface area (Å²) in [6.07, 6.45) is 5.72. The van der Waals surface area contributed by atoms with Gasteiger partial charge >= 0.3 is 6.09 Å². The smallest absolute Gasteiger partial charge is 0.410 e. The van der Waals surface area contributed by atoms with Crippen molar-refractivity contribution >= 4 is 59.1 Å². The van der Waals surface area contributed by atoms with E-state index in [0.29, 0.717) is 43.5 Å². The number of hydrogen-bond donors (Lipinski definition) is 3. The van der Waals surface area contributed by atoms with E-state index in [1.165, 1.54) is 42.8 Å². The Kier molecular flexibility index (Phi) is 27.4. The summed E-state index contributed by atoms with van der Waals surface area (Å²) < 4.78 is 24.2. The number of ketones is 1. The summed E-state index contributed by atoms with van der Waals surface area (Å²) in [7, 11) is 6.26. The molecule has 7 amide bonds. The lowest BCUT2D eigenvalue weighted by molar-refractivity contribution is -0.149. The molecule has 0 radical (unpaired) electrons. The van der Waals surface area contributed by atoms with Crippen molar-refractivity contribution in [2.75, 3.05) is 66.6 Å². The fraction of sp³-hybridized carbons (Fsp3) is 0.729. The van der Waals surface area contributed by atoms with Crippen LogP contribution < -0.4 is 10.6 Å². The van der Waals surface area contributed by atoms with Crippen molar-refractivity contribution < 1.29 is 62.4 Å². The molecule has 1 aliphatic carbocycles. The number of benzene rings is 1. The molecule has 2 saturated heterocycles. The number of ether oxygens (including phenoxy) is 4. The van der Waals surface area contributed by atoms with Crippen molar-refractivity contribution in [2.45, 2.75) is 174 Å². The van der Waals surface area contributed by atoms with Crippen LogP contribution in [0.3, 0.4) is 0 Å². The van der Waals surface area contributed by atoms with Gasteiger partial charge in [-0.05, 0) is 74.7 Å². The third kappa shape index (κ3) is 18.3. The fourth-order valence-electron chi connectivity index (χ4n) is 11.5. The number of Topliss-reactive ketones (excluding diaryl/α,β-unsaturated/α-hetero) is 1. The van der Waals surface area contributed by atoms with Crippen LogP contribution in [0.5, 0.6) is 0 Å². The largest absolute Gasteiger partial charge is 0.439 e. The molecule has 1 aromatic carbocycles. The number of aliphatic hydroxyl groups excluding tert-OH is 1. The van der Waals surface area contributed by atoms with Gasteiger partial charge in [0.2, 0.25) is 35.4 Å². The van der Waals surface area contributed by atoms with Crippen molar-refractivity contribution in [1.82, 2.24) is 30.2 Å². The number of aliphatic hydroxyl groups is 1. The van der Waals surface area contributed by atoms with Gasteiger partial charge in [-0.3, -0.25) is 38.5 Å². The quantitative estimate of drug-likeness (QED) is 0.0575. The number of hydrogen-bond acceptors (Lipinski definition) is 14. The molecule has 0 saturated carbocycles. The van der Waals surface area contributed by atoms with E-state index in [9.17, 15) is 43.5 Å². The number of likely N-dealkylation sites (N-methyl/N-ethyl adjacent to an activating group) is 2. The number of carbonyl (C=O) groups is 8. The number of imide groups is 1. The number of nitrogens with zero attached hydrogens (tertiary/aromatic N) is 4. The SMILES string of the molecule is CC[C@H](C)[C@@H]([C@@H](CC(=O)N1CCC[C@H]1[C@H](OC)[C@@H](C)C(=O)N[C@H](C)[C@@H](O)c1ccccc1)OC)N(C)C(=O)[C@@H](CC(=O)[C@H](C(C)C)N(C)C(=O)OC1/C=C/CCCCC1OCC(=O)NCCN1C(=O)CC(CSC)C1=O)C(C)C. The molecule has 0 bridgehead atoms. The van der Waals surface area contributed by atoms with Crippen LogP contribution in [-0.2, 0) is 52.5 Å². The number of amides is 7. The number of methoxy groups -OCH3 is 2. The average molecular weight is 1130 g/mol. The Hall–Kier alpha value is -4.89. The lowest BCUT2D eigenvalue weighted by atomic mass is 9.83. The third-order valence-electron chi connectivity index (χ3n) is 16.3. The number of thioether (sulfide) groups is 1. The predicted molar refractivity (Wildman–Crippen MR) is 303 cm³/mol. The summed E-state index contributed by atoms with van der Waals surface area (Å²) in [6.45, 7) is 15.2. The van der Waals surface area contributed by atoms with Gasteiger partial charge in [-0.15, -0.1) is 0 Å². The molecule has 2 heterocycles. The first kappa shape index (κ1) is 66.6. The minimum atomic E-state index is -0.961. The number of allylic oxidation sites excluding steroid dienone is 1. The molecule has 2 fully saturated rings. The molecule has 1 aromatic rings. The molecule has 3 unspecified atom stereocenters. The highest BCUT2D eigenvalue weighted by molar-refractivity contribution is 7.98. The van der Waals surface area contributed by atoms with Gasteiger partial charge in [0.15, 0.2) is 5.78 Å². The number of nitrogens with one attached hydrogen (secondary N) is 2. The summed E-state index contributed by atoms with van der Waals surface area (Å²) in [6, 6.07) is 6.59. The Labute approximate surface area is 474 Å². The molecule has 444 valence electrons. The topological polar surface area (TPSA) is 231 Å². The van der Waals surface area contributed by atoms with Crippen molar-refractivity contribution in [2.24, 2.45) is 35.5 Å². The predicted octanol–water partition coefficient (Wildman–Crippen LogP) is 6.21. The van der Waals surface area contributed by atoms with Crippen LogP contribution in [0.15, 0.2) is 42.5 Å². The summed E-state index contributed by atoms with van der Waals surface area (Å²) in [5, 5.41) is 16.6. The molecular weight excluding hydrogens is 1030 g/mol. The molecule has 4 rings (SSSR count). The molecule has 0 spiro atoms. The highest BCUT2D eigenvalue weighted by Crippen LogP contribution is 2.32. The van der Waals surface area contributed by atoms with Gasteiger partial charge in [-0.2, -0.15) is 11.8 Å². The van der Waals surface area contributed by atoms with Crippen LogP contribution in [0.1, 0.15) is 131 Å². The van der Waals surface area contributed by atoms with Gasteiger partial charge in [-0.25, -0.2) is 4.79 Å². The zero-order chi connectivity index (χ0) is 58.7. The summed E-state index contributed by atoms with van der Waals surface area (Å²) in [5.41, 5.74) is 0.682. The molecular formula is C59H94N6O13S. The van der Waals surface area contributed by atoms with Crippen molar-refractivity contribution in [3.63, 3.8) is 0 Å². The minimum Gasteiger partial charge on any atom is -0.439 e. The van der Waals surface area contributed by atoms with Gasteiger partial charge in [-0.1, -0.05) is 97.7 Å². The van der Waals surface area contributed by atoms with Crippen molar-refractivity contribution in [3.05, 3.63) is 48.0 Å². The molecule has 20 heteroatoms. The van der Waals surface area contributed by atoms with E-state index in [0.717, 1.165) is 19.3 Å². The zero-order valence-corrected chi connectivity index (χ0v) is 50.2. The van der Waals surface area contributed by atoms with Gasteiger partial charge < -0.3 is 49.4 Å². The van der Waals surface area contributed by atoms with E-state index in [2.05, 4.69) is 10.6 Å². The molecule has 3 aliphatic rings. The van der Waals surface area contributed by atoms with Gasteiger partial charge in [0.1, 0.15) is 12.7 Å². The monoisotopic (exact) mass is 1130 g/mol. The van der Waals surface area contributed by atoms with E-state index in [1.807, 2.05) is 72.1 Å². The highest BCUT2D eigenvalue weighted by atomic mass is 32.2. The van der Waals surface area contributed by atoms with Gasteiger partial charge in [0.25, 0.3) is 0 Å². The number of carbonyl (C=O) groups excluding carboxylic acids is 8. The maximum atomic E-state index is 14.9. The van der Waals surface area contributed by atoms with Crippen LogP contribution in [0, 0.1) is 35.5 Å². The van der Waals surface area contributed by atoms with Crippen LogP contribution in [0.4, 0.5) is 4.79 Å². The Balaban J connectivity index is 1.42. The molecule has 3 N–H and O–H groups in total. The molecule has 19 nitrogen and oxygen atoms in total. The molecule has 79 heavy (non-hydrogen) atoms. The highest BCUT2D eigenvalue weighted by Gasteiger charge is 2.44. The van der Waals surface area contributed by atoms with E-state index >= 15 is 0 Å². The third-order valence-corrected chi connectivity index (χ3v) is 17.0. The Morgan fingerprint density at radius 1 is 0.886 bits per heavy atom. The van der Waals surface area contributed by atoms with Crippen LogP contribution in [-0.4, -0.2) is 187 Å². The summed E-state index contributed by atoms with van der Waals surface area (Å²) >= 11 is 1.50. The maximum Gasteiger partial charge on any atom is 0.410 e. The molecule has 0 aromatic heterocycles. The lowest BCUT2D eigenvalue weighted by Crippen LogP contribution is -2.55. The van der Waals surface area contributed by atoms with E-state index in [4.69, 9.17) is 18.9 Å². The number of rotatable bonds is 30. The molecule has 13 atom stereocenters.